The molecule has 0 saturated carbocycles. The van der Waals surface area contributed by atoms with E-state index in [1.165, 1.54) is 5.56 Å². The van der Waals surface area contributed by atoms with Crippen molar-refractivity contribution in [3.63, 3.8) is 0 Å². The molecule has 0 aliphatic heterocycles. The van der Waals surface area contributed by atoms with Gasteiger partial charge in [-0.25, -0.2) is 9.97 Å². The summed E-state index contributed by atoms with van der Waals surface area (Å²) in [7, 11) is 1.84. The second kappa shape index (κ2) is 8.49. The van der Waals surface area contributed by atoms with Crippen LogP contribution >= 0.6 is 0 Å². The Morgan fingerprint density at radius 2 is 2.04 bits per heavy atom. The quantitative estimate of drug-likeness (QED) is 0.410. The van der Waals surface area contributed by atoms with Crippen molar-refractivity contribution >= 4 is 28.9 Å². The van der Waals surface area contributed by atoms with Crippen molar-refractivity contribution in [1.29, 1.82) is 5.41 Å². The van der Waals surface area contributed by atoms with Crippen LogP contribution in [0.5, 0.6) is 0 Å². The van der Waals surface area contributed by atoms with E-state index in [-0.39, 0.29) is 0 Å². The number of nitrogens with one attached hydrogen (secondary N) is 1. The second-order valence-electron chi connectivity index (χ2n) is 6.53. The van der Waals surface area contributed by atoms with E-state index in [1.807, 2.05) is 44.3 Å². The molecule has 1 N–H and O–H groups in total. The molecule has 0 unspecified atom stereocenters. The summed E-state index contributed by atoms with van der Waals surface area (Å²) in [4.78, 5) is 19.5. The number of nitrogens with zero attached hydrogens (tertiary/aromatic N) is 5. The van der Waals surface area contributed by atoms with Crippen molar-refractivity contribution in [3.8, 4) is 0 Å². The summed E-state index contributed by atoms with van der Waals surface area (Å²) in [5, 5.41) is 9.38. The molecule has 0 bridgehead atoms. The number of aromatic nitrogens is 3. The van der Waals surface area contributed by atoms with E-state index in [4.69, 9.17) is 5.41 Å². The minimum Gasteiger partial charge on any atom is -0.302 e. The summed E-state index contributed by atoms with van der Waals surface area (Å²) in [5.41, 5.74) is 3.87. The molecule has 27 heavy (non-hydrogen) atoms. The number of hydrogen-bond acceptors (Lipinski definition) is 5. The van der Waals surface area contributed by atoms with Gasteiger partial charge in [-0.15, -0.1) is 0 Å². The number of hydrogen-bond donors (Lipinski definition) is 1. The Morgan fingerprint density at radius 1 is 1.19 bits per heavy atom. The van der Waals surface area contributed by atoms with Gasteiger partial charge in [0.05, 0.1) is 16.9 Å². The molecule has 3 rings (SSSR count). The predicted molar refractivity (Wildman–Crippen MR) is 111 cm³/mol. The first kappa shape index (κ1) is 18.6. The average Bonchev–Trinajstić information content (AvgIpc) is 2.68. The number of amidine groups is 1. The van der Waals surface area contributed by atoms with Gasteiger partial charge < -0.3 is 4.90 Å². The summed E-state index contributed by atoms with van der Waals surface area (Å²) in [6.07, 6.45) is 4.92. The van der Waals surface area contributed by atoms with Crippen LogP contribution in [0.2, 0.25) is 0 Å². The Bertz CT molecular complexity index is 965. The molecule has 0 amide bonds. The van der Waals surface area contributed by atoms with Crippen LogP contribution < -0.4 is 4.90 Å². The Kier molecular flexibility index (Phi) is 5.86. The monoisotopic (exact) mass is 360 g/mol. The third kappa shape index (κ3) is 4.73. The highest BCUT2D eigenvalue weighted by atomic mass is 15.3. The maximum atomic E-state index is 8.33. The summed E-state index contributed by atoms with van der Waals surface area (Å²) in [5.74, 6) is 1.04. The molecule has 0 atom stereocenters. The number of aryl methyl sites for hydroxylation is 2. The molecule has 0 saturated heterocycles. The number of aliphatic imine (C=N–C) groups is 1. The van der Waals surface area contributed by atoms with Crippen molar-refractivity contribution < 1.29 is 0 Å². The van der Waals surface area contributed by atoms with Crippen molar-refractivity contribution in [3.05, 3.63) is 59.5 Å². The first-order valence-electron chi connectivity index (χ1n) is 9.01. The number of fused-ring (bicyclic) bond motifs is 1. The SMILES string of the molecule is Cc1ccc2nc(N(C)C(=N)CCCN=Cc3ccccn3)nc(C)c2c1. The van der Waals surface area contributed by atoms with E-state index < -0.39 is 0 Å². The normalized spacial score (nSPS) is 11.2. The van der Waals surface area contributed by atoms with Gasteiger partial charge in [-0.1, -0.05) is 17.7 Å². The van der Waals surface area contributed by atoms with Gasteiger partial charge in [0.15, 0.2) is 0 Å². The van der Waals surface area contributed by atoms with Gasteiger partial charge in [-0.3, -0.25) is 15.4 Å². The number of rotatable bonds is 6. The van der Waals surface area contributed by atoms with Gasteiger partial charge in [0.1, 0.15) is 5.84 Å². The fraction of sp³-hybridized carbons (Fsp3) is 0.286. The van der Waals surface area contributed by atoms with Gasteiger partial charge >= 0.3 is 0 Å². The molecule has 138 valence electrons. The summed E-state index contributed by atoms with van der Waals surface area (Å²) < 4.78 is 0. The van der Waals surface area contributed by atoms with E-state index in [9.17, 15) is 0 Å². The van der Waals surface area contributed by atoms with Crippen molar-refractivity contribution in [2.75, 3.05) is 18.5 Å². The molecule has 0 aliphatic rings. The van der Waals surface area contributed by atoms with Gasteiger partial charge in [-0.05, 0) is 44.5 Å². The molecule has 0 aliphatic carbocycles. The summed E-state index contributed by atoms with van der Waals surface area (Å²) >= 11 is 0. The van der Waals surface area contributed by atoms with Crippen LogP contribution in [0.1, 0.15) is 29.8 Å². The lowest BCUT2D eigenvalue weighted by Gasteiger charge is -2.19. The molecule has 0 spiro atoms. The van der Waals surface area contributed by atoms with Crippen LogP contribution in [0.15, 0.2) is 47.6 Å². The molecule has 6 heteroatoms. The molecule has 2 aromatic heterocycles. The van der Waals surface area contributed by atoms with Gasteiger partial charge in [0.2, 0.25) is 5.95 Å². The molecule has 2 heterocycles. The highest BCUT2D eigenvalue weighted by Gasteiger charge is 2.12. The Hall–Kier alpha value is -3.15. The lowest BCUT2D eigenvalue weighted by molar-refractivity contribution is 0.860. The number of benzene rings is 1. The number of anilines is 1. The zero-order valence-electron chi connectivity index (χ0n) is 16.0. The Labute approximate surface area is 159 Å². The molecule has 3 aromatic rings. The fourth-order valence-electron chi connectivity index (χ4n) is 2.77. The lowest BCUT2D eigenvalue weighted by atomic mass is 10.1. The predicted octanol–water partition coefficient (Wildman–Crippen LogP) is 3.95. The molecular weight excluding hydrogens is 336 g/mol. The van der Waals surface area contributed by atoms with Crippen LogP contribution in [-0.2, 0) is 0 Å². The molecule has 6 nitrogen and oxygen atoms in total. The minimum atomic E-state index is 0.480. The minimum absolute atomic E-state index is 0.480. The first-order chi connectivity index (χ1) is 13.0. The smallest absolute Gasteiger partial charge is 0.231 e. The Balaban J connectivity index is 1.59. The van der Waals surface area contributed by atoms with Crippen molar-refractivity contribution in [2.45, 2.75) is 26.7 Å². The lowest BCUT2D eigenvalue weighted by Crippen LogP contribution is -2.27. The maximum absolute atomic E-state index is 8.33. The van der Waals surface area contributed by atoms with Crippen LogP contribution in [-0.4, -0.2) is 40.6 Å². The van der Waals surface area contributed by atoms with Crippen LogP contribution in [0, 0.1) is 19.3 Å². The van der Waals surface area contributed by atoms with Crippen molar-refractivity contribution in [1.82, 2.24) is 15.0 Å². The zero-order valence-corrected chi connectivity index (χ0v) is 16.0. The third-order valence-electron chi connectivity index (χ3n) is 4.35. The zero-order chi connectivity index (χ0) is 19.2. The summed E-state index contributed by atoms with van der Waals surface area (Å²) in [6, 6.07) is 11.9. The van der Waals surface area contributed by atoms with E-state index in [0.717, 1.165) is 28.7 Å². The van der Waals surface area contributed by atoms with E-state index >= 15 is 0 Å². The Morgan fingerprint density at radius 3 is 2.81 bits per heavy atom. The standard InChI is InChI=1S/C21H24N6/c1-15-9-10-19-18(13-15)16(2)25-21(26-19)27(3)20(22)8-6-11-23-14-17-7-4-5-12-24-17/h4-5,7,9-10,12-14,22H,6,8,11H2,1-3H3. The third-order valence-corrected chi connectivity index (χ3v) is 4.35. The fourth-order valence-corrected chi connectivity index (χ4v) is 2.77. The first-order valence-corrected chi connectivity index (χ1v) is 9.01. The van der Waals surface area contributed by atoms with Crippen molar-refractivity contribution in [2.24, 2.45) is 4.99 Å². The van der Waals surface area contributed by atoms with E-state index in [2.05, 4.69) is 32.9 Å². The maximum Gasteiger partial charge on any atom is 0.231 e. The van der Waals surface area contributed by atoms with Gasteiger partial charge in [-0.2, -0.15) is 0 Å². The van der Waals surface area contributed by atoms with Crippen LogP contribution in [0.25, 0.3) is 10.9 Å². The highest BCUT2D eigenvalue weighted by Crippen LogP contribution is 2.20. The van der Waals surface area contributed by atoms with E-state index in [0.29, 0.717) is 24.7 Å². The van der Waals surface area contributed by atoms with Crippen LogP contribution in [0.3, 0.4) is 0 Å². The largest absolute Gasteiger partial charge is 0.302 e. The van der Waals surface area contributed by atoms with E-state index in [1.54, 1.807) is 17.3 Å². The molecular formula is C21H24N6. The van der Waals surface area contributed by atoms with Crippen LogP contribution in [0.4, 0.5) is 5.95 Å². The molecule has 0 fully saturated rings. The number of pyridine rings is 1. The highest BCUT2D eigenvalue weighted by molar-refractivity contribution is 5.94. The topological polar surface area (TPSA) is 78.1 Å². The van der Waals surface area contributed by atoms with Gasteiger partial charge in [0.25, 0.3) is 0 Å². The summed E-state index contributed by atoms with van der Waals surface area (Å²) in [6.45, 7) is 4.70. The molecule has 1 aromatic carbocycles. The molecule has 0 radical (unpaired) electrons. The van der Waals surface area contributed by atoms with Gasteiger partial charge in [0, 0.05) is 37.8 Å². The second-order valence-corrected chi connectivity index (χ2v) is 6.53. The average molecular weight is 360 g/mol.